The zero-order chi connectivity index (χ0) is 17.1. The Morgan fingerprint density at radius 3 is 2.83 bits per heavy atom. The molecule has 0 spiro atoms. The second-order valence-corrected chi connectivity index (χ2v) is 5.40. The molecular formula is C18H12ClN3O2. The third-order valence-corrected chi connectivity index (χ3v) is 3.84. The summed E-state index contributed by atoms with van der Waals surface area (Å²) < 4.78 is 5.11. The Morgan fingerprint density at radius 1 is 1.33 bits per heavy atom. The van der Waals surface area contributed by atoms with Crippen molar-refractivity contribution < 1.29 is 4.74 Å². The number of nitrogens with zero attached hydrogens (tertiary/aromatic N) is 2. The number of ether oxygens (including phenoxy) is 1. The minimum absolute atomic E-state index is 0.195. The van der Waals surface area contributed by atoms with Crippen LogP contribution in [0.25, 0.3) is 22.6 Å². The molecule has 24 heavy (non-hydrogen) atoms. The van der Waals surface area contributed by atoms with Crippen LogP contribution in [0.5, 0.6) is 5.75 Å². The summed E-state index contributed by atoms with van der Waals surface area (Å²) in [5.41, 5.74) is 1.04. The van der Waals surface area contributed by atoms with Gasteiger partial charge in [0.25, 0.3) is 5.56 Å². The molecule has 0 radical (unpaired) electrons. The number of benzene rings is 2. The molecule has 3 aromatic rings. The number of allylic oxidation sites excluding steroid dienone is 1. The van der Waals surface area contributed by atoms with Gasteiger partial charge >= 0.3 is 0 Å². The van der Waals surface area contributed by atoms with Crippen molar-refractivity contribution in [3.63, 3.8) is 0 Å². The summed E-state index contributed by atoms with van der Waals surface area (Å²) in [5, 5.41) is 10.3. The lowest BCUT2D eigenvalue weighted by atomic mass is 10.1. The van der Waals surface area contributed by atoms with Crippen LogP contribution >= 0.6 is 11.6 Å². The smallest absolute Gasteiger partial charge is 0.259 e. The van der Waals surface area contributed by atoms with E-state index in [9.17, 15) is 10.1 Å². The number of hydrogen-bond donors (Lipinski definition) is 1. The molecule has 118 valence electrons. The number of nitriles is 1. The predicted molar refractivity (Wildman–Crippen MR) is 93.9 cm³/mol. The highest BCUT2D eigenvalue weighted by atomic mass is 35.5. The molecule has 0 amide bonds. The molecule has 0 fully saturated rings. The zero-order valence-corrected chi connectivity index (χ0v) is 13.5. The Labute approximate surface area is 142 Å². The summed E-state index contributed by atoms with van der Waals surface area (Å²) in [7, 11) is 1.53. The van der Waals surface area contributed by atoms with E-state index in [1.165, 1.54) is 7.11 Å². The highest BCUT2D eigenvalue weighted by Crippen LogP contribution is 2.22. The van der Waals surface area contributed by atoms with Crippen molar-refractivity contribution in [1.82, 2.24) is 9.97 Å². The van der Waals surface area contributed by atoms with Gasteiger partial charge in [-0.1, -0.05) is 29.8 Å². The maximum atomic E-state index is 12.3. The molecule has 0 aliphatic carbocycles. The fourth-order valence-electron chi connectivity index (χ4n) is 2.27. The van der Waals surface area contributed by atoms with E-state index >= 15 is 0 Å². The zero-order valence-electron chi connectivity index (χ0n) is 12.7. The van der Waals surface area contributed by atoms with Gasteiger partial charge in [0.1, 0.15) is 11.8 Å². The normalized spacial score (nSPS) is 11.3. The van der Waals surface area contributed by atoms with Gasteiger partial charge in [0.05, 0.1) is 23.6 Å². The maximum Gasteiger partial charge on any atom is 0.259 e. The standard InChI is InChI=1S/C18H12ClN3O2/c1-24-13-6-7-16-14(9-13)18(23)22-17(21-16)12(10-20)8-11-4-2-3-5-15(11)19/h2-9H,1H3,(H,21,22,23). The summed E-state index contributed by atoms with van der Waals surface area (Å²) in [4.78, 5) is 19.3. The van der Waals surface area contributed by atoms with Crippen LogP contribution < -0.4 is 10.3 Å². The molecule has 0 atom stereocenters. The van der Waals surface area contributed by atoms with E-state index in [0.717, 1.165) is 0 Å². The summed E-state index contributed by atoms with van der Waals surface area (Å²) in [6, 6.07) is 14.2. The SMILES string of the molecule is COc1ccc2nc(C(C#N)=Cc3ccccc3Cl)[nH]c(=O)c2c1. The van der Waals surface area contributed by atoms with Gasteiger partial charge in [-0.3, -0.25) is 4.79 Å². The highest BCUT2D eigenvalue weighted by molar-refractivity contribution is 6.32. The topological polar surface area (TPSA) is 78.8 Å². The number of methoxy groups -OCH3 is 1. The first-order chi connectivity index (χ1) is 11.6. The molecule has 0 saturated heterocycles. The molecular weight excluding hydrogens is 326 g/mol. The number of aromatic nitrogens is 2. The van der Waals surface area contributed by atoms with Crippen LogP contribution in [0.1, 0.15) is 11.4 Å². The molecule has 5 nitrogen and oxygen atoms in total. The lowest BCUT2D eigenvalue weighted by Crippen LogP contribution is -2.11. The third-order valence-electron chi connectivity index (χ3n) is 3.49. The fourth-order valence-corrected chi connectivity index (χ4v) is 2.46. The van der Waals surface area contributed by atoms with Crippen molar-refractivity contribution in [3.05, 3.63) is 69.2 Å². The molecule has 3 rings (SSSR count). The number of H-pyrrole nitrogens is 1. The molecule has 6 heteroatoms. The van der Waals surface area contributed by atoms with Crippen LogP contribution in [0.15, 0.2) is 47.3 Å². The van der Waals surface area contributed by atoms with Crippen molar-refractivity contribution in [2.45, 2.75) is 0 Å². The number of aromatic amines is 1. The third kappa shape index (κ3) is 3.00. The van der Waals surface area contributed by atoms with Gasteiger partial charge in [0.15, 0.2) is 5.82 Å². The van der Waals surface area contributed by atoms with Crippen LogP contribution in [0.4, 0.5) is 0 Å². The first-order valence-corrected chi connectivity index (χ1v) is 7.45. The average molecular weight is 338 g/mol. The van der Waals surface area contributed by atoms with E-state index in [4.69, 9.17) is 16.3 Å². The number of hydrogen-bond acceptors (Lipinski definition) is 4. The van der Waals surface area contributed by atoms with E-state index in [-0.39, 0.29) is 17.0 Å². The Bertz CT molecular complexity index is 1050. The molecule has 0 unspecified atom stereocenters. The molecule has 1 N–H and O–H groups in total. The Morgan fingerprint density at radius 2 is 2.12 bits per heavy atom. The molecule has 1 heterocycles. The highest BCUT2D eigenvalue weighted by Gasteiger charge is 2.10. The summed E-state index contributed by atoms with van der Waals surface area (Å²) in [5.74, 6) is 0.759. The van der Waals surface area contributed by atoms with Gasteiger partial charge in [-0.25, -0.2) is 4.98 Å². The van der Waals surface area contributed by atoms with Crippen molar-refractivity contribution >= 4 is 34.2 Å². The number of fused-ring (bicyclic) bond motifs is 1. The molecule has 0 aliphatic heterocycles. The van der Waals surface area contributed by atoms with Crippen LogP contribution in [0, 0.1) is 11.3 Å². The second kappa shape index (κ2) is 6.57. The monoisotopic (exact) mass is 337 g/mol. The van der Waals surface area contributed by atoms with Gasteiger partial charge in [0, 0.05) is 5.02 Å². The van der Waals surface area contributed by atoms with Crippen molar-refractivity contribution in [2.24, 2.45) is 0 Å². The second-order valence-electron chi connectivity index (χ2n) is 4.99. The predicted octanol–water partition coefficient (Wildman–Crippen LogP) is 3.65. The van der Waals surface area contributed by atoms with Gasteiger partial charge in [-0.05, 0) is 35.9 Å². The van der Waals surface area contributed by atoms with E-state index < -0.39 is 0 Å². The van der Waals surface area contributed by atoms with E-state index in [1.807, 2.05) is 6.07 Å². The summed E-state index contributed by atoms with van der Waals surface area (Å²) in [6.45, 7) is 0. The quantitative estimate of drug-likeness (QED) is 0.740. The first-order valence-electron chi connectivity index (χ1n) is 7.07. The molecule has 0 saturated carbocycles. The van der Waals surface area contributed by atoms with Gasteiger partial charge in [-0.15, -0.1) is 0 Å². The Hall–Kier alpha value is -3.10. The van der Waals surface area contributed by atoms with Gasteiger partial charge in [0.2, 0.25) is 0 Å². The summed E-state index contributed by atoms with van der Waals surface area (Å²) in [6.07, 6.45) is 1.59. The molecule has 0 bridgehead atoms. The van der Waals surface area contributed by atoms with Crippen molar-refractivity contribution in [1.29, 1.82) is 5.26 Å². The fraction of sp³-hybridized carbons (Fsp3) is 0.0556. The van der Waals surface area contributed by atoms with E-state index in [1.54, 1.807) is 42.5 Å². The van der Waals surface area contributed by atoms with Crippen molar-refractivity contribution in [2.75, 3.05) is 7.11 Å². The lowest BCUT2D eigenvalue weighted by Gasteiger charge is -2.04. The Kier molecular flexibility index (Phi) is 4.32. The maximum absolute atomic E-state index is 12.3. The first kappa shape index (κ1) is 15.8. The largest absolute Gasteiger partial charge is 0.497 e. The average Bonchev–Trinajstić information content (AvgIpc) is 2.60. The van der Waals surface area contributed by atoms with Crippen LogP contribution in [0.3, 0.4) is 0 Å². The summed E-state index contributed by atoms with van der Waals surface area (Å²) >= 11 is 6.11. The number of nitrogens with one attached hydrogen (secondary N) is 1. The Balaban J connectivity index is 2.16. The number of halogens is 1. The molecule has 1 aromatic heterocycles. The van der Waals surface area contributed by atoms with Gasteiger partial charge in [-0.2, -0.15) is 5.26 Å². The molecule has 2 aromatic carbocycles. The van der Waals surface area contributed by atoms with Crippen LogP contribution in [-0.2, 0) is 0 Å². The minimum atomic E-state index is -0.339. The van der Waals surface area contributed by atoms with Crippen LogP contribution in [0.2, 0.25) is 5.02 Å². The van der Waals surface area contributed by atoms with Gasteiger partial charge < -0.3 is 9.72 Å². The van der Waals surface area contributed by atoms with Crippen molar-refractivity contribution in [3.8, 4) is 11.8 Å². The number of rotatable bonds is 3. The van der Waals surface area contributed by atoms with E-state index in [0.29, 0.717) is 27.2 Å². The molecule has 0 aliphatic rings. The van der Waals surface area contributed by atoms with Crippen LogP contribution in [-0.4, -0.2) is 17.1 Å². The minimum Gasteiger partial charge on any atom is -0.497 e. The lowest BCUT2D eigenvalue weighted by molar-refractivity contribution is 0.415. The van der Waals surface area contributed by atoms with E-state index in [2.05, 4.69) is 16.0 Å².